The zero-order valence-corrected chi connectivity index (χ0v) is 9.19. The number of halogens is 1. The third-order valence-corrected chi connectivity index (χ3v) is 2.68. The van der Waals surface area contributed by atoms with Crippen LogP contribution in [-0.4, -0.2) is 24.2 Å². The van der Waals surface area contributed by atoms with Gasteiger partial charge in [-0.15, -0.1) is 0 Å². The third kappa shape index (κ3) is 3.21. The van der Waals surface area contributed by atoms with E-state index in [2.05, 4.69) is 5.32 Å². The summed E-state index contributed by atoms with van der Waals surface area (Å²) < 4.78 is 18.3. The van der Waals surface area contributed by atoms with Crippen molar-refractivity contribution < 1.29 is 14.1 Å². The molecule has 92 valence electrons. The van der Waals surface area contributed by atoms with E-state index < -0.39 is 10.7 Å². The van der Waals surface area contributed by atoms with Gasteiger partial charge in [0.1, 0.15) is 5.82 Å². The van der Waals surface area contributed by atoms with Crippen LogP contribution in [0.5, 0.6) is 0 Å². The topological polar surface area (TPSA) is 64.4 Å². The van der Waals surface area contributed by atoms with Crippen molar-refractivity contribution in [2.75, 3.05) is 13.2 Å². The van der Waals surface area contributed by atoms with Crippen LogP contribution in [0.4, 0.5) is 10.1 Å². The Balaban J connectivity index is 2.01. The molecule has 1 aromatic carbocycles. The van der Waals surface area contributed by atoms with Crippen LogP contribution in [-0.2, 0) is 11.3 Å². The molecule has 1 heterocycles. The number of hydrogen-bond acceptors (Lipinski definition) is 4. The number of nitro groups is 1. The molecule has 0 aromatic heterocycles. The number of nitro benzene ring substituents is 1. The van der Waals surface area contributed by atoms with E-state index in [-0.39, 0.29) is 11.7 Å². The number of ether oxygens (including phenoxy) is 1. The Hall–Kier alpha value is -1.53. The highest BCUT2D eigenvalue weighted by atomic mass is 19.1. The van der Waals surface area contributed by atoms with E-state index in [4.69, 9.17) is 4.74 Å². The Morgan fingerprint density at radius 3 is 3.00 bits per heavy atom. The van der Waals surface area contributed by atoms with Gasteiger partial charge in [0.25, 0.3) is 5.69 Å². The van der Waals surface area contributed by atoms with E-state index in [1.165, 1.54) is 12.1 Å². The van der Waals surface area contributed by atoms with Gasteiger partial charge in [-0.3, -0.25) is 10.1 Å². The fourth-order valence-electron chi connectivity index (χ4n) is 1.80. The van der Waals surface area contributed by atoms with Crippen molar-refractivity contribution in [3.8, 4) is 0 Å². The summed E-state index contributed by atoms with van der Waals surface area (Å²) in [7, 11) is 0. The lowest BCUT2D eigenvalue weighted by atomic mass is 10.1. The number of non-ortho nitro benzene ring substituents is 1. The Morgan fingerprint density at radius 2 is 2.35 bits per heavy atom. The maximum Gasteiger partial charge on any atom is 0.272 e. The van der Waals surface area contributed by atoms with Gasteiger partial charge in [-0.05, 0) is 18.1 Å². The van der Waals surface area contributed by atoms with Crippen molar-refractivity contribution in [2.24, 2.45) is 0 Å². The maximum atomic E-state index is 13.1. The van der Waals surface area contributed by atoms with Crippen molar-refractivity contribution in [2.45, 2.75) is 19.0 Å². The van der Waals surface area contributed by atoms with Crippen LogP contribution in [0.2, 0.25) is 0 Å². The second-order valence-electron chi connectivity index (χ2n) is 4.02. The predicted molar refractivity (Wildman–Crippen MR) is 59.1 cm³/mol. The summed E-state index contributed by atoms with van der Waals surface area (Å²) in [6.45, 7) is 1.77. The molecule has 0 aliphatic carbocycles. The third-order valence-electron chi connectivity index (χ3n) is 2.68. The molecule has 17 heavy (non-hydrogen) atoms. The molecule has 5 nitrogen and oxygen atoms in total. The summed E-state index contributed by atoms with van der Waals surface area (Å²) in [4.78, 5) is 9.97. The SMILES string of the molecule is O=[N+]([O-])c1cc(F)cc(CNC2CCOC2)c1. The van der Waals surface area contributed by atoms with Gasteiger partial charge in [0.2, 0.25) is 0 Å². The Kier molecular flexibility index (Phi) is 3.65. The second kappa shape index (κ2) is 5.20. The smallest absolute Gasteiger partial charge is 0.272 e. The first-order chi connectivity index (χ1) is 8.15. The van der Waals surface area contributed by atoms with Gasteiger partial charge in [-0.1, -0.05) is 0 Å². The first-order valence-corrected chi connectivity index (χ1v) is 5.40. The Bertz CT molecular complexity index is 419. The molecular formula is C11H13FN2O3. The summed E-state index contributed by atoms with van der Waals surface area (Å²) in [6.07, 6.45) is 0.914. The highest BCUT2D eigenvalue weighted by Gasteiger charge is 2.15. The van der Waals surface area contributed by atoms with Crippen molar-refractivity contribution in [3.05, 3.63) is 39.7 Å². The van der Waals surface area contributed by atoms with Crippen LogP contribution in [0.15, 0.2) is 18.2 Å². The predicted octanol–water partition coefficient (Wildman–Crippen LogP) is 1.61. The first-order valence-electron chi connectivity index (χ1n) is 5.40. The lowest BCUT2D eigenvalue weighted by Gasteiger charge is -2.10. The molecule has 1 aliphatic heterocycles. The number of nitrogens with one attached hydrogen (secondary N) is 1. The molecule has 2 rings (SSSR count). The van der Waals surface area contributed by atoms with Gasteiger partial charge < -0.3 is 10.1 Å². The van der Waals surface area contributed by atoms with Crippen LogP contribution in [0.25, 0.3) is 0 Å². The molecule has 1 aliphatic rings. The summed E-state index contributed by atoms with van der Waals surface area (Å²) in [5, 5.41) is 13.7. The van der Waals surface area contributed by atoms with Gasteiger partial charge in [-0.25, -0.2) is 4.39 Å². The largest absolute Gasteiger partial charge is 0.380 e. The Morgan fingerprint density at radius 1 is 1.53 bits per heavy atom. The number of benzene rings is 1. The highest BCUT2D eigenvalue weighted by Crippen LogP contribution is 2.16. The lowest BCUT2D eigenvalue weighted by molar-refractivity contribution is -0.385. The molecule has 0 bridgehead atoms. The number of hydrogen-bond donors (Lipinski definition) is 1. The molecule has 6 heteroatoms. The van der Waals surface area contributed by atoms with E-state index in [0.717, 1.165) is 19.1 Å². The molecule has 0 amide bonds. The van der Waals surface area contributed by atoms with Gasteiger partial charge in [-0.2, -0.15) is 0 Å². The molecule has 1 atom stereocenters. The minimum Gasteiger partial charge on any atom is -0.380 e. The van der Waals surface area contributed by atoms with Gasteiger partial charge in [0, 0.05) is 25.3 Å². The number of nitrogens with zero attached hydrogens (tertiary/aromatic N) is 1. The van der Waals surface area contributed by atoms with E-state index in [9.17, 15) is 14.5 Å². The summed E-state index contributed by atoms with van der Waals surface area (Å²) in [5.41, 5.74) is 0.355. The maximum absolute atomic E-state index is 13.1. The minimum absolute atomic E-state index is 0.218. The summed E-state index contributed by atoms with van der Waals surface area (Å²) >= 11 is 0. The first kappa shape index (κ1) is 11.9. The van der Waals surface area contributed by atoms with Crippen LogP contribution in [0.3, 0.4) is 0 Å². The van der Waals surface area contributed by atoms with Crippen LogP contribution < -0.4 is 5.32 Å². The van der Waals surface area contributed by atoms with Gasteiger partial charge in [0.05, 0.1) is 17.6 Å². The van der Waals surface area contributed by atoms with Gasteiger partial charge >= 0.3 is 0 Å². The van der Waals surface area contributed by atoms with Crippen LogP contribution in [0, 0.1) is 15.9 Å². The molecule has 1 unspecified atom stereocenters. The average molecular weight is 240 g/mol. The number of rotatable bonds is 4. The minimum atomic E-state index is -0.592. The molecule has 1 fully saturated rings. The average Bonchev–Trinajstić information content (AvgIpc) is 2.78. The zero-order valence-electron chi connectivity index (χ0n) is 9.19. The molecule has 0 saturated carbocycles. The monoisotopic (exact) mass is 240 g/mol. The standard InChI is InChI=1S/C11H13FN2O3/c12-9-3-8(4-11(5-9)14(15)16)6-13-10-1-2-17-7-10/h3-5,10,13H,1-2,6-7H2. The van der Waals surface area contributed by atoms with Crippen LogP contribution >= 0.6 is 0 Å². The second-order valence-corrected chi connectivity index (χ2v) is 4.02. The zero-order chi connectivity index (χ0) is 12.3. The molecule has 0 radical (unpaired) electrons. The molecule has 1 N–H and O–H groups in total. The Labute approximate surface area is 97.7 Å². The fraction of sp³-hybridized carbons (Fsp3) is 0.455. The van der Waals surface area contributed by atoms with Crippen molar-refractivity contribution in [1.82, 2.24) is 5.32 Å². The molecule has 1 aromatic rings. The lowest BCUT2D eigenvalue weighted by Crippen LogP contribution is -2.28. The van der Waals surface area contributed by atoms with E-state index in [0.29, 0.717) is 18.7 Å². The summed E-state index contributed by atoms with van der Waals surface area (Å²) in [5.74, 6) is -0.585. The van der Waals surface area contributed by atoms with E-state index >= 15 is 0 Å². The normalized spacial score (nSPS) is 19.5. The van der Waals surface area contributed by atoms with E-state index in [1.807, 2.05) is 0 Å². The molecule has 0 spiro atoms. The highest BCUT2D eigenvalue weighted by molar-refractivity contribution is 5.35. The fourth-order valence-corrected chi connectivity index (χ4v) is 1.80. The molecule has 1 saturated heterocycles. The summed E-state index contributed by atoms with van der Waals surface area (Å²) in [6, 6.07) is 3.85. The molecular weight excluding hydrogens is 227 g/mol. The van der Waals surface area contributed by atoms with Crippen molar-refractivity contribution >= 4 is 5.69 Å². The van der Waals surface area contributed by atoms with Crippen LogP contribution in [0.1, 0.15) is 12.0 Å². The van der Waals surface area contributed by atoms with Gasteiger partial charge in [0.15, 0.2) is 0 Å². The quantitative estimate of drug-likeness (QED) is 0.641. The van der Waals surface area contributed by atoms with E-state index in [1.54, 1.807) is 0 Å². The van der Waals surface area contributed by atoms with Crippen molar-refractivity contribution in [1.29, 1.82) is 0 Å². The van der Waals surface area contributed by atoms with Crippen molar-refractivity contribution in [3.63, 3.8) is 0 Å².